The zero-order valence-electron chi connectivity index (χ0n) is 12.4. The van der Waals surface area contributed by atoms with Gasteiger partial charge in [0.15, 0.2) is 0 Å². The fourth-order valence-electron chi connectivity index (χ4n) is 3.44. The average Bonchev–Trinajstić information content (AvgIpc) is 2.79. The Kier molecular flexibility index (Phi) is 5.18. The summed E-state index contributed by atoms with van der Waals surface area (Å²) in [4.78, 5) is 14.5. The summed E-state index contributed by atoms with van der Waals surface area (Å²) in [6.45, 7) is 1.95. The standard InChI is InChI=1S/C16H21ClN2O.ClH/c1-10-3-4-11(7-15(10)17)16(20)19(2)14-8-12-5-6-13(9-14)18-12;/h3-4,7,12-14,18H,5-6,8-9H2,1-2H3;1H. The molecule has 1 amide bonds. The first-order valence-corrected chi connectivity index (χ1v) is 7.71. The van der Waals surface area contributed by atoms with Crippen LogP contribution >= 0.6 is 24.0 Å². The van der Waals surface area contributed by atoms with Crippen molar-refractivity contribution >= 4 is 29.9 Å². The Bertz CT molecular complexity index is 523. The number of carbonyl (C=O) groups is 1. The highest BCUT2D eigenvalue weighted by Crippen LogP contribution is 2.30. The van der Waals surface area contributed by atoms with Gasteiger partial charge in [-0.15, -0.1) is 12.4 Å². The lowest BCUT2D eigenvalue weighted by molar-refractivity contribution is 0.0681. The number of carbonyl (C=O) groups excluding carboxylic acids is 1. The minimum Gasteiger partial charge on any atom is -0.339 e. The van der Waals surface area contributed by atoms with Crippen molar-refractivity contribution in [2.45, 2.75) is 50.7 Å². The van der Waals surface area contributed by atoms with Crippen molar-refractivity contribution in [2.75, 3.05) is 7.05 Å². The number of aryl methyl sites for hydroxylation is 1. The molecule has 0 spiro atoms. The van der Waals surface area contributed by atoms with E-state index in [0.717, 1.165) is 18.4 Å². The van der Waals surface area contributed by atoms with E-state index in [1.807, 2.05) is 31.0 Å². The second-order valence-corrected chi connectivity index (χ2v) is 6.55. The van der Waals surface area contributed by atoms with Crippen molar-refractivity contribution in [3.05, 3.63) is 34.3 Å². The molecule has 2 atom stereocenters. The van der Waals surface area contributed by atoms with E-state index in [-0.39, 0.29) is 18.3 Å². The van der Waals surface area contributed by atoms with Gasteiger partial charge < -0.3 is 10.2 Å². The molecule has 2 aliphatic heterocycles. The number of hydrogen-bond donors (Lipinski definition) is 1. The molecular formula is C16H22Cl2N2O. The van der Waals surface area contributed by atoms with Crippen molar-refractivity contribution in [1.29, 1.82) is 0 Å². The molecule has 0 aliphatic carbocycles. The molecular weight excluding hydrogens is 307 g/mol. The highest BCUT2D eigenvalue weighted by atomic mass is 35.5. The summed E-state index contributed by atoms with van der Waals surface area (Å²) in [5.41, 5.74) is 1.69. The lowest BCUT2D eigenvalue weighted by Crippen LogP contribution is -2.48. The van der Waals surface area contributed by atoms with Crippen LogP contribution in [0.25, 0.3) is 0 Å². The molecule has 1 aromatic rings. The topological polar surface area (TPSA) is 32.3 Å². The molecule has 0 aromatic heterocycles. The summed E-state index contributed by atoms with van der Waals surface area (Å²) in [7, 11) is 1.92. The van der Waals surface area contributed by atoms with E-state index in [2.05, 4.69) is 5.32 Å². The van der Waals surface area contributed by atoms with Crippen molar-refractivity contribution in [2.24, 2.45) is 0 Å². The molecule has 2 heterocycles. The van der Waals surface area contributed by atoms with Crippen LogP contribution in [0.1, 0.15) is 41.6 Å². The van der Waals surface area contributed by atoms with Gasteiger partial charge in [-0.3, -0.25) is 4.79 Å². The zero-order chi connectivity index (χ0) is 14.3. The molecule has 3 nitrogen and oxygen atoms in total. The van der Waals surface area contributed by atoms with Crippen LogP contribution in [0.15, 0.2) is 18.2 Å². The Morgan fingerprint density at radius 2 is 1.90 bits per heavy atom. The second kappa shape index (κ2) is 6.55. The molecule has 21 heavy (non-hydrogen) atoms. The van der Waals surface area contributed by atoms with Gasteiger partial charge in [-0.2, -0.15) is 0 Å². The third-order valence-electron chi connectivity index (χ3n) is 4.74. The Morgan fingerprint density at radius 3 is 2.48 bits per heavy atom. The minimum atomic E-state index is 0. The van der Waals surface area contributed by atoms with Crippen molar-refractivity contribution in [1.82, 2.24) is 10.2 Å². The molecule has 3 rings (SSSR count). The summed E-state index contributed by atoms with van der Waals surface area (Å²) in [5.74, 6) is 0.0817. The molecule has 2 fully saturated rings. The molecule has 1 N–H and O–H groups in total. The van der Waals surface area contributed by atoms with Gasteiger partial charge in [-0.25, -0.2) is 0 Å². The maximum Gasteiger partial charge on any atom is 0.253 e. The Morgan fingerprint density at radius 1 is 1.29 bits per heavy atom. The average molecular weight is 329 g/mol. The van der Waals surface area contributed by atoms with Gasteiger partial charge in [0.2, 0.25) is 0 Å². The van der Waals surface area contributed by atoms with E-state index >= 15 is 0 Å². The van der Waals surface area contributed by atoms with Crippen LogP contribution < -0.4 is 5.32 Å². The number of hydrogen-bond acceptors (Lipinski definition) is 2. The van der Waals surface area contributed by atoms with Gasteiger partial charge in [-0.1, -0.05) is 17.7 Å². The molecule has 2 bridgehead atoms. The van der Waals surface area contributed by atoms with Crippen LogP contribution in [0.4, 0.5) is 0 Å². The van der Waals surface area contributed by atoms with Crippen molar-refractivity contribution in [3.63, 3.8) is 0 Å². The van der Waals surface area contributed by atoms with Gasteiger partial charge in [0.05, 0.1) is 0 Å². The van der Waals surface area contributed by atoms with Gasteiger partial charge in [-0.05, 0) is 50.3 Å². The number of nitrogens with one attached hydrogen (secondary N) is 1. The van der Waals surface area contributed by atoms with Gasteiger partial charge in [0.25, 0.3) is 5.91 Å². The Hall–Kier alpha value is -0.770. The first kappa shape index (κ1) is 16.6. The number of fused-ring (bicyclic) bond motifs is 2. The lowest BCUT2D eigenvalue weighted by Gasteiger charge is -2.35. The number of amides is 1. The van der Waals surface area contributed by atoms with E-state index in [9.17, 15) is 4.79 Å². The summed E-state index contributed by atoms with van der Waals surface area (Å²) in [5, 5.41) is 4.27. The summed E-state index contributed by atoms with van der Waals surface area (Å²) >= 11 is 6.12. The SMILES string of the molecule is Cc1ccc(C(=O)N(C)C2CC3CCC(C2)N3)cc1Cl.Cl. The number of benzene rings is 1. The third kappa shape index (κ3) is 3.36. The summed E-state index contributed by atoms with van der Waals surface area (Å²) < 4.78 is 0. The molecule has 0 radical (unpaired) electrons. The summed E-state index contributed by atoms with van der Waals surface area (Å²) in [6.07, 6.45) is 4.63. The Labute approximate surface area is 137 Å². The summed E-state index contributed by atoms with van der Waals surface area (Å²) in [6, 6.07) is 7.10. The smallest absolute Gasteiger partial charge is 0.253 e. The van der Waals surface area contributed by atoms with Crippen LogP contribution in [0.3, 0.4) is 0 Å². The maximum atomic E-state index is 12.6. The van der Waals surface area contributed by atoms with Crippen LogP contribution in [-0.2, 0) is 0 Å². The minimum absolute atomic E-state index is 0. The first-order valence-electron chi connectivity index (χ1n) is 7.34. The number of piperidine rings is 1. The quantitative estimate of drug-likeness (QED) is 0.902. The maximum absolute atomic E-state index is 12.6. The molecule has 2 saturated heterocycles. The lowest BCUT2D eigenvalue weighted by atomic mass is 9.98. The van der Waals surface area contributed by atoms with Crippen LogP contribution in [0.2, 0.25) is 5.02 Å². The van der Waals surface area contributed by atoms with E-state index in [0.29, 0.717) is 28.7 Å². The second-order valence-electron chi connectivity index (χ2n) is 6.14. The zero-order valence-corrected chi connectivity index (χ0v) is 14.0. The van der Waals surface area contributed by atoms with Crippen LogP contribution in [0.5, 0.6) is 0 Å². The van der Waals surface area contributed by atoms with Crippen molar-refractivity contribution < 1.29 is 4.79 Å². The Balaban J connectivity index is 0.00000161. The fraction of sp³-hybridized carbons (Fsp3) is 0.562. The highest BCUT2D eigenvalue weighted by Gasteiger charge is 2.36. The third-order valence-corrected chi connectivity index (χ3v) is 5.14. The molecule has 5 heteroatoms. The van der Waals surface area contributed by atoms with E-state index in [1.54, 1.807) is 6.07 Å². The van der Waals surface area contributed by atoms with Gasteiger partial charge in [0.1, 0.15) is 0 Å². The number of halogens is 2. The fourth-order valence-corrected chi connectivity index (χ4v) is 3.62. The highest BCUT2D eigenvalue weighted by molar-refractivity contribution is 6.31. The molecule has 2 unspecified atom stereocenters. The first-order chi connectivity index (χ1) is 9.54. The van der Waals surface area contributed by atoms with Gasteiger partial charge in [0, 0.05) is 35.8 Å². The van der Waals surface area contributed by atoms with E-state index < -0.39 is 0 Å². The molecule has 0 saturated carbocycles. The molecule has 2 aliphatic rings. The van der Waals surface area contributed by atoms with Gasteiger partial charge >= 0.3 is 0 Å². The largest absolute Gasteiger partial charge is 0.339 e. The van der Waals surface area contributed by atoms with Crippen LogP contribution in [0, 0.1) is 6.92 Å². The van der Waals surface area contributed by atoms with Crippen molar-refractivity contribution in [3.8, 4) is 0 Å². The van der Waals surface area contributed by atoms with Crippen LogP contribution in [-0.4, -0.2) is 36.0 Å². The predicted molar refractivity (Wildman–Crippen MR) is 88.5 cm³/mol. The monoisotopic (exact) mass is 328 g/mol. The number of rotatable bonds is 2. The normalized spacial score (nSPS) is 27.1. The number of nitrogens with zero attached hydrogens (tertiary/aromatic N) is 1. The molecule has 116 valence electrons. The predicted octanol–water partition coefficient (Wildman–Crippen LogP) is 3.43. The van der Waals surface area contributed by atoms with E-state index in [4.69, 9.17) is 11.6 Å². The molecule has 1 aromatic carbocycles. The van der Waals surface area contributed by atoms with E-state index in [1.165, 1.54) is 12.8 Å².